The molecule has 0 saturated heterocycles. The van der Waals surface area contributed by atoms with Gasteiger partial charge in [-0.3, -0.25) is 9.20 Å². The van der Waals surface area contributed by atoms with Crippen molar-refractivity contribution in [3.8, 4) is 11.3 Å². The van der Waals surface area contributed by atoms with E-state index in [1.54, 1.807) is 11.3 Å². The second kappa shape index (κ2) is 6.54. The van der Waals surface area contributed by atoms with E-state index in [0.29, 0.717) is 6.42 Å². The number of rotatable bonds is 5. The first-order valence-corrected chi connectivity index (χ1v) is 8.76. The van der Waals surface area contributed by atoms with E-state index in [-0.39, 0.29) is 11.9 Å². The van der Waals surface area contributed by atoms with Gasteiger partial charge in [-0.15, -0.1) is 11.3 Å². The molecular weight excluding hydrogens is 306 g/mol. The van der Waals surface area contributed by atoms with Gasteiger partial charge in [0.1, 0.15) is 0 Å². The van der Waals surface area contributed by atoms with Gasteiger partial charge in [0.15, 0.2) is 4.96 Å². The molecule has 1 atom stereocenters. The van der Waals surface area contributed by atoms with Crippen LogP contribution in [0.5, 0.6) is 0 Å². The zero-order valence-corrected chi connectivity index (χ0v) is 14.5. The van der Waals surface area contributed by atoms with E-state index < -0.39 is 0 Å². The van der Waals surface area contributed by atoms with Gasteiger partial charge in [-0.25, -0.2) is 4.98 Å². The van der Waals surface area contributed by atoms with Crippen molar-refractivity contribution in [1.82, 2.24) is 14.7 Å². The van der Waals surface area contributed by atoms with Crippen molar-refractivity contribution < 1.29 is 4.79 Å². The number of hydrogen-bond donors (Lipinski definition) is 1. The maximum atomic E-state index is 12.1. The molecule has 120 valence electrons. The van der Waals surface area contributed by atoms with Crippen LogP contribution < -0.4 is 5.32 Å². The lowest BCUT2D eigenvalue weighted by Crippen LogP contribution is -2.33. The molecule has 4 nitrogen and oxygen atoms in total. The van der Waals surface area contributed by atoms with Crippen LogP contribution in [-0.4, -0.2) is 21.3 Å². The third-order valence-electron chi connectivity index (χ3n) is 3.99. The van der Waals surface area contributed by atoms with E-state index in [0.717, 1.165) is 28.3 Å². The van der Waals surface area contributed by atoms with Gasteiger partial charge in [0.05, 0.1) is 12.1 Å². The number of hydrogen-bond acceptors (Lipinski definition) is 3. The average Bonchev–Trinajstić information content (AvgIpc) is 3.10. The van der Waals surface area contributed by atoms with Gasteiger partial charge >= 0.3 is 0 Å². The molecular formula is C18H21N3OS. The number of aryl methyl sites for hydroxylation is 1. The van der Waals surface area contributed by atoms with Crippen molar-refractivity contribution in [1.29, 1.82) is 0 Å². The van der Waals surface area contributed by atoms with E-state index >= 15 is 0 Å². The lowest BCUT2D eigenvalue weighted by molar-refractivity contribution is -0.121. The molecule has 2 aromatic heterocycles. The lowest BCUT2D eigenvalue weighted by atomic mass is 10.1. The summed E-state index contributed by atoms with van der Waals surface area (Å²) < 4.78 is 2.02. The monoisotopic (exact) mass is 327 g/mol. The third-order valence-corrected chi connectivity index (χ3v) is 4.88. The Labute approximate surface area is 140 Å². The minimum absolute atomic E-state index is 0.0598. The summed E-state index contributed by atoms with van der Waals surface area (Å²) in [6, 6.07) is 8.54. The molecule has 0 aliphatic rings. The predicted octanol–water partition coefficient (Wildman–Crippen LogP) is 3.83. The molecule has 3 aromatic rings. The molecule has 0 radical (unpaired) electrons. The van der Waals surface area contributed by atoms with E-state index in [2.05, 4.69) is 48.4 Å². The number of carbonyl (C=O) groups is 1. The number of carbonyl (C=O) groups excluding carboxylic acids is 1. The van der Waals surface area contributed by atoms with Crippen molar-refractivity contribution in [3.05, 3.63) is 47.1 Å². The highest BCUT2D eigenvalue weighted by molar-refractivity contribution is 7.15. The summed E-state index contributed by atoms with van der Waals surface area (Å²) in [6.45, 7) is 6.16. The van der Waals surface area contributed by atoms with Gasteiger partial charge in [0, 0.05) is 28.9 Å². The second-order valence-electron chi connectivity index (χ2n) is 5.93. The molecule has 1 amide bonds. The Hall–Kier alpha value is -2.14. The van der Waals surface area contributed by atoms with Crippen LogP contribution in [0, 0.1) is 6.92 Å². The van der Waals surface area contributed by atoms with Crippen LogP contribution in [0.2, 0.25) is 0 Å². The molecule has 5 heteroatoms. The molecule has 1 N–H and O–H groups in total. The Kier molecular flexibility index (Phi) is 4.48. The summed E-state index contributed by atoms with van der Waals surface area (Å²) in [5.41, 5.74) is 4.26. The Balaban J connectivity index is 1.83. The fourth-order valence-electron chi connectivity index (χ4n) is 2.41. The van der Waals surface area contributed by atoms with Gasteiger partial charge in [0.25, 0.3) is 0 Å². The van der Waals surface area contributed by atoms with E-state index in [1.165, 1.54) is 5.56 Å². The highest BCUT2D eigenvalue weighted by Crippen LogP contribution is 2.24. The number of aromatic nitrogens is 2. The number of fused-ring (bicyclic) bond motifs is 1. The van der Waals surface area contributed by atoms with Gasteiger partial charge in [-0.1, -0.05) is 36.8 Å². The quantitative estimate of drug-likeness (QED) is 0.774. The zero-order valence-electron chi connectivity index (χ0n) is 13.7. The molecule has 2 heterocycles. The summed E-state index contributed by atoms with van der Waals surface area (Å²) in [5, 5.41) is 5.02. The van der Waals surface area contributed by atoms with Crippen molar-refractivity contribution in [3.63, 3.8) is 0 Å². The predicted molar refractivity (Wildman–Crippen MR) is 94.8 cm³/mol. The van der Waals surface area contributed by atoms with Crippen molar-refractivity contribution in [2.24, 2.45) is 0 Å². The van der Waals surface area contributed by atoms with E-state index in [9.17, 15) is 4.79 Å². The standard InChI is InChI=1S/C18H21N3OS/c1-4-13(3)19-17(22)9-15-11-23-18-20-16(10-21(15)18)14-7-5-12(2)6-8-14/h5-8,10-11,13H,4,9H2,1-3H3,(H,19,22). The number of benzene rings is 1. The minimum atomic E-state index is 0.0598. The van der Waals surface area contributed by atoms with E-state index in [1.807, 2.05) is 22.9 Å². The maximum Gasteiger partial charge on any atom is 0.226 e. The highest BCUT2D eigenvalue weighted by Gasteiger charge is 2.13. The van der Waals surface area contributed by atoms with Crippen LogP contribution >= 0.6 is 11.3 Å². The van der Waals surface area contributed by atoms with E-state index in [4.69, 9.17) is 0 Å². The Bertz CT molecular complexity index is 817. The van der Waals surface area contributed by atoms with Gasteiger partial charge in [0.2, 0.25) is 5.91 Å². The Morgan fingerprint density at radius 1 is 1.35 bits per heavy atom. The van der Waals surface area contributed by atoms with Crippen LogP contribution in [0.1, 0.15) is 31.5 Å². The van der Waals surface area contributed by atoms with Crippen molar-refractivity contribution in [2.45, 2.75) is 39.7 Å². The first-order chi connectivity index (χ1) is 11.1. The summed E-state index contributed by atoms with van der Waals surface area (Å²) in [7, 11) is 0. The van der Waals surface area contributed by atoms with Crippen LogP contribution in [0.15, 0.2) is 35.8 Å². The fraction of sp³-hybridized carbons (Fsp3) is 0.333. The molecule has 23 heavy (non-hydrogen) atoms. The summed E-state index contributed by atoms with van der Waals surface area (Å²) in [5.74, 6) is 0.0598. The summed E-state index contributed by atoms with van der Waals surface area (Å²) >= 11 is 1.57. The first kappa shape index (κ1) is 15.7. The molecule has 1 aromatic carbocycles. The van der Waals surface area contributed by atoms with Crippen LogP contribution in [0.4, 0.5) is 0 Å². The largest absolute Gasteiger partial charge is 0.353 e. The molecule has 1 unspecified atom stereocenters. The number of imidazole rings is 1. The van der Waals surface area contributed by atoms with Gasteiger partial charge in [-0.05, 0) is 20.3 Å². The van der Waals surface area contributed by atoms with Crippen molar-refractivity contribution in [2.75, 3.05) is 0 Å². The topological polar surface area (TPSA) is 46.4 Å². The summed E-state index contributed by atoms with van der Waals surface area (Å²) in [4.78, 5) is 17.7. The highest BCUT2D eigenvalue weighted by atomic mass is 32.1. The number of nitrogens with one attached hydrogen (secondary N) is 1. The molecule has 0 fully saturated rings. The molecule has 0 aliphatic heterocycles. The third kappa shape index (κ3) is 3.45. The zero-order chi connectivity index (χ0) is 16.4. The van der Waals surface area contributed by atoms with Crippen molar-refractivity contribution >= 4 is 22.2 Å². The summed E-state index contributed by atoms with van der Waals surface area (Å²) in [6.07, 6.45) is 3.34. The maximum absolute atomic E-state index is 12.1. The lowest BCUT2D eigenvalue weighted by Gasteiger charge is -2.10. The SMILES string of the molecule is CCC(C)NC(=O)Cc1csc2nc(-c3ccc(C)cc3)cn12. The number of amides is 1. The van der Waals surface area contributed by atoms with Crippen LogP contribution in [-0.2, 0) is 11.2 Å². The number of thiazole rings is 1. The molecule has 0 bridgehead atoms. The van der Waals surface area contributed by atoms with Crippen LogP contribution in [0.25, 0.3) is 16.2 Å². The normalized spacial score (nSPS) is 12.5. The smallest absolute Gasteiger partial charge is 0.226 e. The molecule has 0 saturated carbocycles. The average molecular weight is 327 g/mol. The Morgan fingerprint density at radius 3 is 2.78 bits per heavy atom. The number of nitrogens with zero attached hydrogens (tertiary/aromatic N) is 2. The van der Waals surface area contributed by atoms with Gasteiger partial charge < -0.3 is 5.32 Å². The second-order valence-corrected chi connectivity index (χ2v) is 6.76. The molecule has 3 rings (SSSR count). The fourth-order valence-corrected chi connectivity index (χ4v) is 3.29. The van der Waals surface area contributed by atoms with Crippen LogP contribution in [0.3, 0.4) is 0 Å². The first-order valence-electron chi connectivity index (χ1n) is 7.88. The minimum Gasteiger partial charge on any atom is -0.353 e. The van der Waals surface area contributed by atoms with Gasteiger partial charge in [-0.2, -0.15) is 0 Å². The molecule has 0 spiro atoms. The molecule has 0 aliphatic carbocycles. The Morgan fingerprint density at radius 2 is 2.09 bits per heavy atom.